The molecule has 2 amide bonds. The maximum atomic E-state index is 12.5. The summed E-state index contributed by atoms with van der Waals surface area (Å²) in [5, 5.41) is 3.51. The normalized spacial score (nSPS) is 19.3. The maximum absolute atomic E-state index is 12.5. The number of amides is 2. The minimum absolute atomic E-state index is 0. The molecule has 2 aliphatic rings. The van der Waals surface area contributed by atoms with Crippen molar-refractivity contribution >= 4 is 41.8 Å². The number of unbranched alkanes of at least 4 members (excludes halogenated alkanes) is 2. The topological polar surface area (TPSA) is 68.2 Å². The highest BCUT2D eigenvalue weighted by Gasteiger charge is 2.25. The summed E-state index contributed by atoms with van der Waals surface area (Å²) < 4.78 is 0. The van der Waals surface area contributed by atoms with E-state index in [1.807, 2.05) is 16.8 Å². The van der Waals surface area contributed by atoms with Crippen molar-refractivity contribution in [2.24, 2.45) is 22.7 Å². The third-order valence-electron chi connectivity index (χ3n) is 6.52. The number of nitrogens with one attached hydrogen (secondary N) is 1. The molecular weight excluding hydrogens is 529 g/mol. The van der Waals surface area contributed by atoms with Crippen LogP contribution in [0.4, 0.5) is 0 Å². The summed E-state index contributed by atoms with van der Waals surface area (Å²) in [6, 6.07) is 0. The lowest BCUT2D eigenvalue weighted by Gasteiger charge is -2.35. The first-order valence-corrected chi connectivity index (χ1v) is 12.8. The second-order valence-corrected chi connectivity index (χ2v) is 10.4. The van der Waals surface area contributed by atoms with Gasteiger partial charge in [-0.1, -0.05) is 34.1 Å². The molecule has 0 bridgehead atoms. The lowest BCUT2D eigenvalue weighted by atomic mass is 9.97. The fourth-order valence-corrected chi connectivity index (χ4v) is 4.84. The van der Waals surface area contributed by atoms with Gasteiger partial charge in [0.2, 0.25) is 11.8 Å². The van der Waals surface area contributed by atoms with Gasteiger partial charge in [0, 0.05) is 65.7 Å². The van der Waals surface area contributed by atoms with Crippen molar-refractivity contribution < 1.29 is 9.59 Å². The maximum Gasteiger partial charge on any atom is 0.222 e. The zero-order valence-corrected chi connectivity index (χ0v) is 24.0. The van der Waals surface area contributed by atoms with Gasteiger partial charge in [-0.3, -0.25) is 14.6 Å². The summed E-state index contributed by atoms with van der Waals surface area (Å²) in [6.07, 6.45) is 6.78. The first-order valence-electron chi connectivity index (χ1n) is 12.8. The SMILES string of the molecule is CN=C(NCCCCCC(=O)N1CCN(C(=O)CC(C)C)CC1)N1CCC(CC(C)C)C1.I. The Morgan fingerprint density at radius 2 is 1.52 bits per heavy atom. The molecule has 7 nitrogen and oxygen atoms in total. The number of halogens is 1. The molecule has 0 saturated carbocycles. The van der Waals surface area contributed by atoms with E-state index in [-0.39, 0.29) is 35.8 Å². The molecule has 192 valence electrons. The number of nitrogens with zero attached hydrogens (tertiary/aromatic N) is 4. The monoisotopic (exact) mass is 577 g/mol. The Hall–Kier alpha value is -1.06. The Labute approximate surface area is 219 Å². The molecule has 2 rings (SSSR count). The number of piperazine rings is 1. The third-order valence-corrected chi connectivity index (χ3v) is 6.52. The van der Waals surface area contributed by atoms with Crippen LogP contribution in [0.25, 0.3) is 0 Å². The Morgan fingerprint density at radius 3 is 2.09 bits per heavy atom. The van der Waals surface area contributed by atoms with Crippen LogP contribution < -0.4 is 5.32 Å². The molecule has 2 fully saturated rings. The molecule has 1 unspecified atom stereocenters. The fourth-order valence-electron chi connectivity index (χ4n) is 4.84. The van der Waals surface area contributed by atoms with Gasteiger partial charge in [0.05, 0.1) is 0 Å². The van der Waals surface area contributed by atoms with Crippen LogP contribution in [0, 0.1) is 17.8 Å². The van der Waals surface area contributed by atoms with E-state index in [0.29, 0.717) is 44.9 Å². The highest BCUT2D eigenvalue weighted by atomic mass is 127. The van der Waals surface area contributed by atoms with Crippen LogP contribution in [-0.4, -0.2) is 85.3 Å². The standard InChI is InChI=1S/C25H47N5O2.HI/c1-20(2)17-22-10-12-30(19-22)25(26-5)27-11-8-6-7-9-23(31)28-13-15-29(16-14-28)24(32)18-21(3)4;/h20-22H,6-19H2,1-5H3,(H,26,27);1H. The first-order chi connectivity index (χ1) is 15.3. The minimum atomic E-state index is 0. The van der Waals surface area contributed by atoms with Crippen LogP contribution in [0.2, 0.25) is 0 Å². The van der Waals surface area contributed by atoms with Crippen molar-refractivity contribution in [3.8, 4) is 0 Å². The summed E-state index contributed by atoms with van der Waals surface area (Å²) in [4.78, 5) is 35.4. The van der Waals surface area contributed by atoms with Crippen molar-refractivity contribution in [2.45, 2.75) is 72.6 Å². The van der Waals surface area contributed by atoms with Gasteiger partial charge >= 0.3 is 0 Å². The molecule has 0 spiro atoms. The molecule has 33 heavy (non-hydrogen) atoms. The van der Waals surface area contributed by atoms with Gasteiger partial charge in [0.15, 0.2) is 5.96 Å². The molecule has 1 atom stereocenters. The Morgan fingerprint density at radius 1 is 0.879 bits per heavy atom. The lowest BCUT2D eigenvalue weighted by Crippen LogP contribution is -2.50. The van der Waals surface area contributed by atoms with Crippen LogP contribution >= 0.6 is 24.0 Å². The van der Waals surface area contributed by atoms with E-state index in [2.05, 4.69) is 42.9 Å². The Bertz CT molecular complexity index is 618. The molecule has 0 aromatic rings. The van der Waals surface area contributed by atoms with Crippen molar-refractivity contribution in [1.82, 2.24) is 20.0 Å². The van der Waals surface area contributed by atoms with E-state index in [4.69, 9.17) is 0 Å². The number of guanidine groups is 1. The number of carbonyl (C=O) groups is 2. The van der Waals surface area contributed by atoms with Gasteiger partial charge in [-0.2, -0.15) is 0 Å². The van der Waals surface area contributed by atoms with E-state index in [1.165, 1.54) is 12.8 Å². The molecule has 2 saturated heterocycles. The van der Waals surface area contributed by atoms with Crippen LogP contribution in [-0.2, 0) is 9.59 Å². The van der Waals surface area contributed by atoms with Crippen LogP contribution in [0.5, 0.6) is 0 Å². The molecule has 0 radical (unpaired) electrons. The molecule has 0 aromatic carbocycles. The lowest BCUT2D eigenvalue weighted by molar-refractivity contribution is -0.140. The van der Waals surface area contributed by atoms with Gasteiger partial charge in [0.1, 0.15) is 0 Å². The van der Waals surface area contributed by atoms with Gasteiger partial charge in [-0.15, -0.1) is 24.0 Å². The number of carbonyl (C=O) groups excluding carboxylic acids is 2. The molecular formula is C25H48IN5O2. The van der Waals surface area contributed by atoms with Crippen molar-refractivity contribution in [3.63, 3.8) is 0 Å². The smallest absolute Gasteiger partial charge is 0.222 e. The Balaban J connectivity index is 0.00000544. The average Bonchev–Trinajstić information content (AvgIpc) is 3.20. The molecule has 0 aliphatic carbocycles. The summed E-state index contributed by atoms with van der Waals surface area (Å²) in [7, 11) is 1.87. The van der Waals surface area contributed by atoms with Gasteiger partial charge in [0.25, 0.3) is 0 Å². The molecule has 8 heteroatoms. The van der Waals surface area contributed by atoms with Crippen LogP contribution in [0.3, 0.4) is 0 Å². The summed E-state index contributed by atoms with van der Waals surface area (Å²) in [5.74, 6) is 3.41. The zero-order valence-electron chi connectivity index (χ0n) is 21.6. The van der Waals surface area contributed by atoms with Crippen LogP contribution in [0.15, 0.2) is 4.99 Å². The molecule has 0 aromatic heterocycles. The highest BCUT2D eigenvalue weighted by molar-refractivity contribution is 14.0. The summed E-state index contributed by atoms with van der Waals surface area (Å²) >= 11 is 0. The van der Waals surface area contributed by atoms with Gasteiger partial charge in [-0.25, -0.2) is 0 Å². The van der Waals surface area contributed by atoms with Gasteiger partial charge < -0.3 is 20.0 Å². The van der Waals surface area contributed by atoms with E-state index in [9.17, 15) is 9.59 Å². The number of hydrogen-bond donors (Lipinski definition) is 1. The summed E-state index contributed by atoms with van der Waals surface area (Å²) in [6.45, 7) is 14.6. The van der Waals surface area contributed by atoms with Crippen LogP contribution in [0.1, 0.15) is 72.6 Å². The average molecular weight is 578 g/mol. The minimum Gasteiger partial charge on any atom is -0.356 e. The van der Waals surface area contributed by atoms with E-state index in [1.54, 1.807) is 0 Å². The number of hydrogen-bond acceptors (Lipinski definition) is 3. The second-order valence-electron chi connectivity index (χ2n) is 10.4. The van der Waals surface area contributed by atoms with Crippen molar-refractivity contribution in [3.05, 3.63) is 0 Å². The van der Waals surface area contributed by atoms with E-state index < -0.39 is 0 Å². The third kappa shape index (κ3) is 10.8. The molecule has 2 aliphatic heterocycles. The molecule has 1 N–H and O–H groups in total. The number of aliphatic imine (C=N–C) groups is 1. The Kier molecular flexibility index (Phi) is 14.3. The van der Waals surface area contributed by atoms with E-state index >= 15 is 0 Å². The quantitative estimate of drug-likeness (QED) is 0.186. The van der Waals surface area contributed by atoms with Crippen molar-refractivity contribution in [1.29, 1.82) is 0 Å². The predicted molar refractivity (Wildman–Crippen MR) is 147 cm³/mol. The number of rotatable bonds is 10. The predicted octanol–water partition coefficient (Wildman–Crippen LogP) is 3.83. The van der Waals surface area contributed by atoms with Gasteiger partial charge in [-0.05, 0) is 43.4 Å². The first kappa shape index (κ1) is 30.0. The highest BCUT2D eigenvalue weighted by Crippen LogP contribution is 2.23. The molecule has 2 heterocycles. The largest absolute Gasteiger partial charge is 0.356 e. The number of likely N-dealkylation sites (tertiary alicyclic amines) is 1. The second kappa shape index (κ2) is 15.8. The fraction of sp³-hybridized carbons (Fsp3) is 0.880. The summed E-state index contributed by atoms with van der Waals surface area (Å²) in [5.41, 5.74) is 0. The van der Waals surface area contributed by atoms with Crippen molar-refractivity contribution in [2.75, 3.05) is 52.9 Å². The van der Waals surface area contributed by atoms with E-state index in [0.717, 1.165) is 56.7 Å². The zero-order chi connectivity index (χ0) is 23.5.